The van der Waals surface area contributed by atoms with E-state index in [1.807, 2.05) is 6.92 Å². The molecule has 1 amide bonds. The largest absolute Gasteiger partial charge is 0.444 e. The molecule has 15 heavy (non-hydrogen) atoms. The number of aliphatic hydroxyl groups excluding tert-OH is 1. The zero-order valence-electron chi connectivity index (χ0n) is 9.87. The molecular formula is C10H21NO3S. The van der Waals surface area contributed by atoms with Crippen LogP contribution in [0, 0.1) is 0 Å². The highest BCUT2D eigenvalue weighted by molar-refractivity contribution is 7.99. The molecule has 0 heterocycles. The van der Waals surface area contributed by atoms with Gasteiger partial charge in [0.15, 0.2) is 0 Å². The van der Waals surface area contributed by atoms with E-state index >= 15 is 0 Å². The molecule has 5 heteroatoms. The number of hydrogen-bond acceptors (Lipinski definition) is 4. The number of alkyl carbamates (subject to hydrolysis) is 1. The number of amides is 1. The molecule has 0 aromatic heterocycles. The van der Waals surface area contributed by atoms with E-state index in [4.69, 9.17) is 9.84 Å². The topological polar surface area (TPSA) is 58.6 Å². The smallest absolute Gasteiger partial charge is 0.407 e. The second-order valence-corrected chi connectivity index (χ2v) is 5.50. The van der Waals surface area contributed by atoms with Gasteiger partial charge in [-0.15, -0.1) is 0 Å². The minimum absolute atomic E-state index is 0.0633. The summed E-state index contributed by atoms with van der Waals surface area (Å²) in [5.41, 5.74) is -0.498. The zero-order valence-corrected chi connectivity index (χ0v) is 10.7. The van der Waals surface area contributed by atoms with Crippen LogP contribution in [0.15, 0.2) is 0 Å². The van der Waals surface area contributed by atoms with Crippen LogP contribution in [0.5, 0.6) is 0 Å². The van der Waals surface area contributed by atoms with Crippen LogP contribution >= 0.6 is 11.8 Å². The van der Waals surface area contributed by atoms with Crippen molar-refractivity contribution in [2.75, 3.05) is 18.1 Å². The van der Waals surface area contributed by atoms with Crippen molar-refractivity contribution in [3.05, 3.63) is 0 Å². The van der Waals surface area contributed by atoms with Crippen LogP contribution in [-0.2, 0) is 4.74 Å². The first kappa shape index (κ1) is 14.6. The maximum absolute atomic E-state index is 11.3. The van der Waals surface area contributed by atoms with Gasteiger partial charge in [-0.25, -0.2) is 4.79 Å². The van der Waals surface area contributed by atoms with Crippen molar-refractivity contribution < 1.29 is 14.6 Å². The Morgan fingerprint density at radius 3 is 2.53 bits per heavy atom. The molecule has 0 bridgehead atoms. The summed E-state index contributed by atoms with van der Waals surface area (Å²) in [7, 11) is 0. The number of nitrogens with one attached hydrogen (secondary N) is 1. The van der Waals surface area contributed by atoms with Crippen molar-refractivity contribution in [3.63, 3.8) is 0 Å². The molecule has 0 aliphatic carbocycles. The highest BCUT2D eigenvalue weighted by Gasteiger charge is 2.18. The monoisotopic (exact) mass is 235 g/mol. The summed E-state index contributed by atoms with van der Waals surface area (Å²) < 4.78 is 5.08. The van der Waals surface area contributed by atoms with Crippen LogP contribution < -0.4 is 5.32 Å². The second kappa shape index (κ2) is 6.95. The fraction of sp³-hybridized carbons (Fsp3) is 0.900. The Balaban J connectivity index is 3.91. The maximum atomic E-state index is 11.3. The van der Waals surface area contributed by atoms with E-state index in [2.05, 4.69) is 5.32 Å². The molecule has 0 rings (SSSR count). The predicted molar refractivity (Wildman–Crippen MR) is 63.2 cm³/mol. The van der Waals surface area contributed by atoms with Gasteiger partial charge in [0.2, 0.25) is 0 Å². The second-order valence-electron chi connectivity index (χ2n) is 4.19. The van der Waals surface area contributed by atoms with Crippen LogP contribution in [-0.4, -0.2) is 41.0 Å². The molecule has 0 radical (unpaired) electrons. The lowest BCUT2D eigenvalue weighted by atomic mass is 10.2. The predicted octanol–water partition coefficient (Wildman–Crippen LogP) is 1.63. The molecule has 0 fully saturated rings. The number of hydrogen-bond donors (Lipinski definition) is 2. The summed E-state index contributed by atoms with van der Waals surface area (Å²) in [5, 5.41) is 11.6. The number of rotatable bonds is 5. The van der Waals surface area contributed by atoms with E-state index in [0.29, 0.717) is 5.75 Å². The van der Waals surface area contributed by atoms with Crippen molar-refractivity contribution >= 4 is 17.9 Å². The number of thioether (sulfide) groups is 1. The molecule has 90 valence electrons. The summed E-state index contributed by atoms with van der Waals surface area (Å²) in [5.74, 6) is 1.67. The van der Waals surface area contributed by atoms with Crippen molar-refractivity contribution in [1.29, 1.82) is 0 Å². The first-order chi connectivity index (χ1) is 6.89. The molecule has 0 saturated heterocycles. The van der Waals surface area contributed by atoms with Crippen LogP contribution in [0.1, 0.15) is 27.7 Å². The normalized spacial score (nSPS) is 13.4. The van der Waals surface area contributed by atoms with Crippen molar-refractivity contribution in [1.82, 2.24) is 5.32 Å². The molecule has 0 aliphatic rings. The average Bonchev–Trinajstić information content (AvgIpc) is 2.09. The third kappa shape index (κ3) is 8.57. The molecule has 2 N–H and O–H groups in total. The lowest BCUT2D eigenvalue weighted by Gasteiger charge is -2.22. The van der Waals surface area contributed by atoms with Gasteiger partial charge in [-0.1, -0.05) is 6.92 Å². The molecule has 0 aromatic carbocycles. The summed E-state index contributed by atoms with van der Waals surface area (Å²) in [6.07, 6.45) is -0.474. The molecule has 0 unspecified atom stereocenters. The standard InChI is InChI=1S/C10H21NO3S/c1-5-15-7-8(6-12)11-9(13)14-10(2,3)4/h8,12H,5-7H2,1-4H3,(H,11,13)/t8-/m0/s1. The average molecular weight is 235 g/mol. The zero-order chi connectivity index (χ0) is 11.9. The lowest BCUT2D eigenvalue weighted by Crippen LogP contribution is -2.42. The van der Waals surface area contributed by atoms with Gasteiger partial charge < -0.3 is 15.2 Å². The Morgan fingerprint density at radius 2 is 2.13 bits per heavy atom. The lowest BCUT2D eigenvalue weighted by molar-refractivity contribution is 0.0491. The van der Waals surface area contributed by atoms with Gasteiger partial charge in [-0.05, 0) is 26.5 Å². The Kier molecular flexibility index (Phi) is 6.76. The molecule has 4 nitrogen and oxygen atoms in total. The highest BCUT2D eigenvalue weighted by atomic mass is 32.2. The first-order valence-corrected chi connectivity index (χ1v) is 6.22. The van der Waals surface area contributed by atoms with Gasteiger partial charge in [-0.2, -0.15) is 11.8 Å². The van der Waals surface area contributed by atoms with Gasteiger partial charge in [-0.3, -0.25) is 0 Å². The SMILES string of the molecule is CCSC[C@H](CO)NC(=O)OC(C)(C)C. The third-order valence-electron chi connectivity index (χ3n) is 1.46. The number of carbonyl (C=O) groups excluding carboxylic acids is 1. The van der Waals surface area contributed by atoms with E-state index in [1.54, 1.807) is 32.5 Å². The molecular weight excluding hydrogens is 214 g/mol. The first-order valence-electron chi connectivity index (χ1n) is 5.07. The van der Waals surface area contributed by atoms with E-state index in [-0.39, 0.29) is 12.6 Å². The highest BCUT2D eigenvalue weighted by Crippen LogP contribution is 2.07. The number of carbonyl (C=O) groups is 1. The van der Waals surface area contributed by atoms with Crippen LogP contribution in [0.3, 0.4) is 0 Å². The van der Waals surface area contributed by atoms with E-state index in [1.165, 1.54) is 0 Å². The maximum Gasteiger partial charge on any atom is 0.407 e. The third-order valence-corrected chi connectivity index (χ3v) is 2.51. The minimum Gasteiger partial charge on any atom is -0.444 e. The van der Waals surface area contributed by atoms with Crippen molar-refractivity contribution in [3.8, 4) is 0 Å². The summed E-state index contributed by atoms with van der Waals surface area (Å²) in [6.45, 7) is 7.39. The van der Waals surface area contributed by atoms with Gasteiger partial charge in [0.25, 0.3) is 0 Å². The summed E-state index contributed by atoms with van der Waals surface area (Å²) in [6, 6.07) is -0.232. The fourth-order valence-electron chi connectivity index (χ4n) is 0.874. The van der Waals surface area contributed by atoms with E-state index in [0.717, 1.165) is 5.75 Å². The van der Waals surface area contributed by atoms with Crippen LogP contribution in [0.4, 0.5) is 4.79 Å². The summed E-state index contributed by atoms with van der Waals surface area (Å²) in [4.78, 5) is 11.3. The van der Waals surface area contributed by atoms with E-state index in [9.17, 15) is 4.79 Å². The Hall–Kier alpha value is -0.420. The molecule has 0 spiro atoms. The Bertz CT molecular complexity index is 192. The quantitative estimate of drug-likeness (QED) is 0.760. The molecule has 0 aromatic rings. The van der Waals surface area contributed by atoms with Crippen LogP contribution in [0.2, 0.25) is 0 Å². The Morgan fingerprint density at radius 1 is 1.53 bits per heavy atom. The number of aliphatic hydroxyl groups is 1. The molecule has 1 atom stereocenters. The van der Waals surface area contributed by atoms with Gasteiger partial charge >= 0.3 is 6.09 Å². The van der Waals surface area contributed by atoms with Gasteiger partial charge in [0.05, 0.1) is 12.6 Å². The molecule has 0 aliphatic heterocycles. The fourth-order valence-corrected chi connectivity index (χ4v) is 1.58. The summed E-state index contributed by atoms with van der Waals surface area (Å²) >= 11 is 1.67. The Labute approximate surface area is 95.8 Å². The minimum atomic E-state index is -0.498. The van der Waals surface area contributed by atoms with Crippen molar-refractivity contribution in [2.45, 2.75) is 39.3 Å². The van der Waals surface area contributed by atoms with E-state index < -0.39 is 11.7 Å². The van der Waals surface area contributed by atoms with Crippen LogP contribution in [0.25, 0.3) is 0 Å². The number of ether oxygens (including phenoxy) is 1. The van der Waals surface area contributed by atoms with Crippen molar-refractivity contribution in [2.24, 2.45) is 0 Å². The molecule has 0 saturated carbocycles. The van der Waals surface area contributed by atoms with Gasteiger partial charge in [0.1, 0.15) is 5.60 Å². The van der Waals surface area contributed by atoms with Gasteiger partial charge in [0, 0.05) is 5.75 Å².